The Hall–Kier alpha value is -1.74. The van der Waals surface area contributed by atoms with E-state index in [0.717, 1.165) is 17.7 Å². The first-order chi connectivity index (χ1) is 8.69. The molecular formula is C14H15ClN2O. The van der Waals surface area contributed by atoms with Crippen LogP contribution in [0.1, 0.15) is 24.9 Å². The Morgan fingerprint density at radius 3 is 2.50 bits per heavy atom. The molecule has 0 spiro atoms. The molecule has 2 N–H and O–H groups in total. The number of aromatic hydroxyl groups is 1. The molecule has 2 aromatic rings. The Balaban J connectivity index is 2.14. The SMILES string of the molecule is CCC(Nc1ccc(Cl)nc1)c1ccc(O)cc1. The lowest BCUT2D eigenvalue weighted by Gasteiger charge is -2.18. The van der Waals surface area contributed by atoms with Gasteiger partial charge in [-0.15, -0.1) is 0 Å². The van der Waals surface area contributed by atoms with Crippen LogP contribution in [-0.2, 0) is 0 Å². The third-order valence-corrected chi connectivity index (χ3v) is 3.00. The summed E-state index contributed by atoms with van der Waals surface area (Å²) in [6.45, 7) is 2.11. The molecule has 18 heavy (non-hydrogen) atoms. The quantitative estimate of drug-likeness (QED) is 0.819. The molecule has 0 bridgehead atoms. The summed E-state index contributed by atoms with van der Waals surface area (Å²) >= 11 is 5.75. The first kappa shape index (κ1) is 12.7. The summed E-state index contributed by atoms with van der Waals surface area (Å²) in [6, 6.07) is 11.1. The molecule has 3 nitrogen and oxygen atoms in total. The topological polar surface area (TPSA) is 45.2 Å². The van der Waals surface area contributed by atoms with Gasteiger partial charge in [-0.2, -0.15) is 0 Å². The van der Waals surface area contributed by atoms with Gasteiger partial charge in [-0.25, -0.2) is 4.98 Å². The fourth-order valence-corrected chi connectivity index (χ4v) is 1.90. The minimum Gasteiger partial charge on any atom is -0.508 e. The fraction of sp³-hybridized carbons (Fsp3) is 0.214. The largest absolute Gasteiger partial charge is 0.508 e. The Kier molecular flexibility index (Phi) is 4.05. The normalized spacial score (nSPS) is 12.1. The molecule has 0 amide bonds. The summed E-state index contributed by atoms with van der Waals surface area (Å²) < 4.78 is 0. The van der Waals surface area contributed by atoms with Gasteiger partial charge in [0.15, 0.2) is 0 Å². The van der Waals surface area contributed by atoms with Crippen LogP contribution >= 0.6 is 11.6 Å². The fourth-order valence-electron chi connectivity index (χ4n) is 1.79. The van der Waals surface area contributed by atoms with Gasteiger partial charge < -0.3 is 10.4 Å². The number of phenolic OH excluding ortho intramolecular Hbond substituents is 1. The summed E-state index contributed by atoms with van der Waals surface area (Å²) in [7, 11) is 0. The van der Waals surface area contributed by atoms with E-state index in [-0.39, 0.29) is 11.8 Å². The maximum atomic E-state index is 9.29. The summed E-state index contributed by atoms with van der Waals surface area (Å²) in [5.74, 6) is 0.279. The molecule has 94 valence electrons. The highest BCUT2D eigenvalue weighted by Gasteiger charge is 2.09. The van der Waals surface area contributed by atoms with Crippen molar-refractivity contribution in [3.8, 4) is 5.75 Å². The lowest BCUT2D eigenvalue weighted by Crippen LogP contribution is -2.09. The Morgan fingerprint density at radius 2 is 1.94 bits per heavy atom. The number of hydrogen-bond donors (Lipinski definition) is 2. The number of hydrogen-bond acceptors (Lipinski definition) is 3. The standard InChI is InChI=1S/C14H15ClN2O/c1-2-13(10-3-6-12(18)7-4-10)17-11-5-8-14(15)16-9-11/h3-9,13,17-18H,2H2,1H3. The van der Waals surface area contributed by atoms with E-state index in [0.29, 0.717) is 5.15 Å². The van der Waals surface area contributed by atoms with E-state index in [1.54, 1.807) is 24.4 Å². The van der Waals surface area contributed by atoms with Gasteiger partial charge in [-0.05, 0) is 36.2 Å². The first-order valence-corrected chi connectivity index (χ1v) is 6.24. The number of anilines is 1. The smallest absolute Gasteiger partial charge is 0.129 e. The van der Waals surface area contributed by atoms with E-state index < -0.39 is 0 Å². The zero-order valence-electron chi connectivity index (χ0n) is 10.1. The number of benzene rings is 1. The number of nitrogens with one attached hydrogen (secondary N) is 1. The van der Waals surface area contributed by atoms with Crippen LogP contribution in [0.2, 0.25) is 5.15 Å². The molecule has 4 heteroatoms. The van der Waals surface area contributed by atoms with Crippen LogP contribution in [0.5, 0.6) is 5.75 Å². The molecular weight excluding hydrogens is 248 g/mol. The van der Waals surface area contributed by atoms with Crippen molar-refractivity contribution in [2.24, 2.45) is 0 Å². The summed E-state index contributed by atoms with van der Waals surface area (Å²) in [5.41, 5.74) is 2.06. The third-order valence-electron chi connectivity index (χ3n) is 2.77. The highest BCUT2D eigenvalue weighted by molar-refractivity contribution is 6.29. The summed E-state index contributed by atoms with van der Waals surface area (Å²) in [6.07, 6.45) is 2.65. The molecule has 2 rings (SSSR count). The van der Waals surface area contributed by atoms with Gasteiger partial charge in [-0.1, -0.05) is 30.7 Å². The zero-order chi connectivity index (χ0) is 13.0. The van der Waals surface area contributed by atoms with Gasteiger partial charge in [0.05, 0.1) is 17.9 Å². The second kappa shape index (κ2) is 5.74. The van der Waals surface area contributed by atoms with Crippen molar-refractivity contribution in [1.82, 2.24) is 4.98 Å². The van der Waals surface area contributed by atoms with Gasteiger partial charge in [0.25, 0.3) is 0 Å². The van der Waals surface area contributed by atoms with Crippen molar-refractivity contribution in [3.05, 3.63) is 53.3 Å². The van der Waals surface area contributed by atoms with Crippen molar-refractivity contribution in [3.63, 3.8) is 0 Å². The second-order valence-electron chi connectivity index (χ2n) is 4.07. The van der Waals surface area contributed by atoms with Crippen LogP contribution < -0.4 is 5.32 Å². The average molecular weight is 263 g/mol. The molecule has 1 aromatic heterocycles. The van der Waals surface area contributed by atoms with Crippen molar-refractivity contribution < 1.29 is 5.11 Å². The highest BCUT2D eigenvalue weighted by Crippen LogP contribution is 2.24. The van der Waals surface area contributed by atoms with Gasteiger partial charge in [0.1, 0.15) is 10.9 Å². The van der Waals surface area contributed by atoms with Crippen molar-refractivity contribution in [2.75, 3.05) is 5.32 Å². The van der Waals surface area contributed by atoms with Crippen LogP contribution in [0, 0.1) is 0 Å². The van der Waals surface area contributed by atoms with Gasteiger partial charge >= 0.3 is 0 Å². The third kappa shape index (κ3) is 3.14. The summed E-state index contributed by atoms with van der Waals surface area (Å²) in [4.78, 5) is 4.04. The van der Waals surface area contributed by atoms with Gasteiger partial charge in [-0.3, -0.25) is 0 Å². The molecule has 1 atom stereocenters. The Labute approximate surface area is 111 Å². The predicted molar refractivity (Wildman–Crippen MR) is 74.0 cm³/mol. The van der Waals surface area contributed by atoms with Crippen LogP contribution in [0.15, 0.2) is 42.6 Å². The molecule has 0 radical (unpaired) electrons. The van der Waals surface area contributed by atoms with Crippen LogP contribution in [0.4, 0.5) is 5.69 Å². The Bertz CT molecular complexity index is 496. The monoisotopic (exact) mass is 262 g/mol. The number of aromatic nitrogens is 1. The van der Waals surface area contributed by atoms with E-state index in [9.17, 15) is 5.11 Å². The van der Waals surface area contributed by atoms with E-state index in [2.05, 4.69) is 17.2 Å². The van der Waals surface area contributed by atoms with E-state index in [4.69, 9.17) is 11.6 Å². The van der Waals surface area contributed by atoms with Crippen molar-refractivity contribution in [2.45, 2.75) is 19.4 Å². The molecule has 0 saturated heterocycles. The molecule has 0 fully saturated rings. The minimum atomic E-state index is 0.188. The number of rotatable bonds is 4. The van der Waals surface area contributed by atoms with Crippen LogP contribution in [-0.4, -0.2) is 10.1 Å². The molecule has 0 aliphatic heterocycles. The molecule has 1 heterocycles. The van der Waals surface area contributed by atoms with Crippen molar-refractivity contribution >= 4 is 17.3 Å². The number of pyridine rings is 1. The van der Waals surface area contributed by atoms with Crippen LogP contribution in [0.3, 0.4) is 0 Å². The lowest BCUT2D eigenvalue weighted by molar-refractivity contribution is 0.475. The summed E-state index contributed by atoms with van der Waals surface area (Å²) in [5, 5.41) is 13.2. The van der Waals surface area contributed by atoms with E-state index >= 15 is 0 Å². The number of phenols is 1. The highest BCUT2D eigenvalue weighted by atomic mass is 35.5. The van der Waals surface area contributed by atoms with Crippen LogP contribution in [0.25, 0.3) is 0 Å². The second-order valence-corrected chi connectivity index (χ2v) is 4.45. The molecule has 1 aromatic carbocycles. The maximum absolute atomic E-state index is 9.29. The number of nitrogens with zero attached hydrogens (tertiary/aromatic N) is 1. The molecule has 1 unspecified atom stereocenters. The zero-order valence-corrected chi connectivity index (χ0v) is 10.9. The van der Waals surface area contributed by atoms with E-state index in [1.165, 1.54) is 0 Å². The first-order valence-electron chi connectivity index (χ1n) is 5.86. The molecule has 0 saturated carbocycles. The van der Waals surface area contributed by atoms with Gasteiger partial charge in [0.2, 0.25) is 0 Å². The van der Waals surface area contributed by atoms with Crippen molar-refractivity contribution in [1.29, 1.82) is 0 Å². The minimum absolute atomic E-state index is 0.188. The van der Waals surface area contributed by atoms with E-state index in [1.807, 2.05) is 18.2 Å². The maximum Gasteiger partial charge on any atom is 0.129 e. The average Bonchev–Trinajstić information content (AvgIpc) is 2.39. The van der Waals surface area contributed by atoms with Gasteiger partial charge in [0, 0.05) is 0 Å². The Morgan fingerprint density at radius 1 is 1.22 bits per heavy atom. The molecule has 0 aliphatic carbocycles. The lowest BCUT2D eigenvalue weighted by atomic mass is 10.0. The number of halogens is 1. The molecule has 0 aliphatic rings. The predicted octanol–water partition coefficient (Wildman–Crippen LogP) is 4.00.